The molecule has 3 heterocycles. The minimum atomic E-state index is -1.48. The molecule has 1 fully saturated rings. The molecule has 4 rings (SSSR count). The van der Waals surface area contributed by atoms with Crippen LogP contribution in [0.15, 0.2) is 53.6 Å². The Bertz CT molecular complexity index is 1470. The second-order valence-corrected chi connectivity index (χ2v) is 9.13. The van der Waals surface area contributed by atoms with Gasteiger partial charge >= 0.3 is 12.0 Å². The SMILES string of the molecule is COC1CC(C(=O)Nc2ccc(-n3cc(Cl)cc(C(=O)O)c3=O)cc2F)N(C(=O)Nc2ccc(Cl)cn2)C1. The van der Waals surface area contributed by atoms with E-state index >= 15 is 0 Å². The average Bonchev–Trinajstić information content (AvgIpc) is 3.33. The summed E-state index contributed by atoms with van der Waals surface area (Å²) in [7, 11) is 1.45. The molecule has 1 saturated heterocycles. The van der Waals surface area contributed by atoms with Crippen LogP contribution in [-0.4, -0.2) is 63.3 Å². The number of aromatic nitrogens is 2. The number of amides is 3. The second kappa shape index (κ2) is 11.2. The van der Waals surface area contributed by atoms with E-state index in [1.165, 1.54) is 36.4 Å². The van der Waals surface area contributed by atoms with Crippen molar-refractivity contribution in [1.29, 1.82) is 0 Å². The Labute approximate surface area is 224 Å². The Morgan fingerprint density at radius 3 is 2.53 bits per heavy atom. The Morgan fingerprint density at radius 1 is 1.13 bits per heavy atom. The van der Waals surface area contributed by atoms with Crippen LogP contribution in [0.4, 0.5) is 20.7 Å². The predicted molar refractivity (Wildman–Crippen MR) is 137 cm³/mol. The van der Waals surface area contributed by atoms with Gasteiger partial charge in [0.25, 0.3) is 5.56 Å². The first-order valence-electron chi connectivity index (χ1n) is 11.1. The van der Waals surface area contributed by atoms with Crippen molar-refractivity contribution in [2.24, 2.45) is 0 Å². The first-order chi connectivity index (χ1) is 18.1. The van der Waals surface area contributed by atoms with E-state index < -0.39 is 47.0 Å². The maximum atomic E-state index is 15.0. The molecule has 11 nitrogen and oxygen atoms in total. The van der Waals surface area contributed by atoms with Crippen LogP contribution in [0.3, 0.4) is 0 Å². The molecule has 1 aromatic carbocycles. The molecular weight excluding hydrogens is 544 g/mol. The van der Waals surface area contributed by atoms with Gasteiger partial charge in [-0.15, -0.1) is 0 Å². The number of benzene rings is 1. The molecule has 0 radical (unpaired) electrons. The Hall–Kier alpha value is -4.00. The van der Waals surface area contributed by atoms with Crippen molar-refractivity contribution in [3.8, 4) is 5.69 Å². The topological polar surface area (TPSA) is 143 Å². The lowest BCUT2D eigenvalue weighted by Crippen LogP contribution is -2.45. The van der Waals surface area contributed by atoms with Crippen molar-refractivity contribution in [3.05, 3.63) is 80.6 Å². The third-order valence-corrected chi connectivity index (χ3v) is 6.26. The summed E-state index contributed by atoms with van der Waals surface area (Å²) in [6.07, 6.45) is 2.24. The van der Waals surface area contributed by atoms with Gasteiger partial charge in [-0.3, -0.25) is 19.5 Å². The number of urea groups is 1. The van der Waals surface area contributed by atoms with Crippen LogP contribution in [0.5, 0.6) is 0 Å². The highest BCUT2D eigenvalue weighted by Gasteiger charge is 2.40. The number of carboxylic acids is 1. The number of rotatable bonds is 6. The maximum absolute atomic E-state index is 15.0. The monoisotopic (exact) mass is 563 g/mol. The predicted octanol–water partition coefficient (Wildman–Crippen LogP) is 3.64. The number of hydrogen-bond donors (Lipinski definition) is 3. The number of carbonyl (C=O) groups is 3. The standard InChI is InChI=1S/C24H20Cl2FN5O6/c1-38-15-8-19(32(11-15)24(37)30-20-5-2-12(25)9-28-20)21(33)29-18-4-3-14(7-17(18)27)31-10-13(26)6-16(22(31)34)23(35)36/h2-7,9-10,15,19H,8,11H2,1H3,(H,29,33)(H,35,36)(H,28,30,37). The number of carbonyl (C=O) groups excluding carboxylic acids is 2. The number of aromatic carboxylic acids is 1. The lowest BCUT2D eigenvalue weighted by Gasteiger charge is -2.24. The van der Waals surface area contributed by atoms with Crippen molar-refractivity contribution in [3.63, 3.8) is 0 Å². The molecular formula is C24H20Cl2FN5O6. The van der Waals surface area contributed by atoms with Crippen LogP contribution in [0.2, 0.25) is 10.0 Å². The quantitative estimate of drug-likeness (QED) is 0.415. The summed E-state index contributed by atoms with van der Waals surface area (Å²) >= 11 is 11.7. The molecule has 2 unspecified atom stereocenters. The van der Waals surface area contributed by atoms with E-state index in [0.29, 0.717) is 5.02 Å². The van der Waals surface area contributed by atoms with Gasteiger partial charge in [0.15, 0.2) is 0 Å². The molecule has 198 valence electrons. The van der Waals surface area contributed by atoms with Gasteiger partial charge in [0.2, 0.25) is 5.91 Å². The summed E-state index contributed by atoms with van der Waals surface area (Å²) in [5, 5.41) is 14.6. The van der Waals surface area contributed by atoms with Crippen LogP contribution in [-0.2, 0) is 9.53 Å². The summed E-state index contributed by atoms with van der Waals surface area (Å²) in [4.78, 5) is 55.0. The molecule has 1 aliphatic rings. The van der Waals surface area contributed by atoms with Crippen molar-refractivity contribution < 1.29 is 28.6 Å². The third-order valence-electron chi connectivity index (χ3n) is 5.82. The minimum absolute atomic E-state index is 0.00715. The zero-order valence-corrected chi connectivity index (χ0v) is 21.2. The summed E-state index contributed by atoms with van der Waals surface area (Å²) in [6.45, 7) is 0.110. The van der Waals surface area contributed by atoms with Crippen LogP contribution >= 0.6 is 23.2 Å². The first kappa shape index (κ1) is 27.0. The van der Waals surface area contributed by atoms with E-state index in [0.717, 1.165) is 22.9 Å². The van der Waals surface area contributed by atoms with E-state index in [2.05, 4.69) is 15.6 Å². The van der Waals surface area contributed by atoms with Crippen molar-refractivity contribution >= 4 is 52.6 Å². The number of anilines is 2. The van der Waals surface area contributed by atoms with Crippen LogP contribution in [0, 0.1) is 5.82 Å². The highest BCUT2D eigenvalue weighted by atomic mass is 35.5. The number of carboxylic acid groups (broad SMARTS) is 1. The fraction of sp³-hybridized carbons (Fsp3) is 0.208. The fourth-order valence-corrected chi connectivity index (χ4v) is 4.26. The van der Waals surface area contributed by atoms with Crippen LogP contribution in [0.25, 0.3) is 5.69 Å². The molecule has 2 aromatic heterocycles. The van der Waals surface area contributed by atoms with Gasteiger partial charge in [0.05, 0.1) is 27.5 Å². The number of hydrogen-bond acceptors (Lipinski definition) is 6. The van der Waals surface area contributed by atoms with Crippen molar-refractivity contribution in [1.82, 2.24) is 14.5 Å². The first-order valence-corrected chi connectivity index (χ1v) is 11.8. The van der Waals surface area contributed by atoms with E-state index in [9.17, 15) is 28.7 Å². The lowest BCUT2D eigenvalue weighted by atomic mass is 10.1. The number of pyridine rings is 2. The van der Waals surface area contributed by atoms with Gasteiger partial charge in [-0.1, -0.05) is 23.2 Å². The number of likely N-dealkylation sites (tertiary alicyclic amines) is 1. The van der Waals surface area contributed by atoms with E-state index in [-0.39, 0.29) is 35.2 Å². The van der Waals surface area contributed by atoms with E-state index in [1.807, 2.05) is 0 Å². The molecule has 14 heteroatoms. The molecule has 1 aliphatic heterocycles. The number of ether oxygens (including phenoxy) is 1. The van der Waals surface area contributed by atoms with E-state index in [4.69, 9.17) is 27.9 Å². The average molecular weight is 564 g/mol. The highest BCUT2D eigenvalue weighted by molar-refractivity contribution is 6.31. The number of methoxy groups -OCH3 is 1. The molecule has 38 heavy (non-hydrogen) atoms. The molecule has 3 amide bonds. The summed E-state index contributed by atoms with van der Waals surface area (Å²) in [6, 6.07) is 5.91. The van der Waals surface area contributed by atoms with Crippen molar-refractivity contribution in [2.45, 2.75) is 18.6 Å². The number of nitrogens with one attached hydrogen (secondary N) is 2. The van der Waals surface area contributed by atoms with Gasteiger partial charge in [-0.25, -0.2) is 19.0 Å². The zero-order chi connectivity index (χ0) is 27.6. The molecule has 2 atom stereocenters. The third kappa shape index (κ3) is 5.77. The summed E-state index contributed by atoms with van der Waals surface area (Å²) < 4.78 is 21.2. The van der Waals surface area contributed by atoms with Gasteiger partial charge in [-0.05, 0) is 30.3 Å². The highest BCUT2D eigenvalue weighted by Crippen LogP contribution is 2.25. The van der Waals surface area contributed by atoms with Gasteiger partial charge in [-0.2, -0.15) is 0 Å². The van der Waals surface area contributed by atoms with Gasteiger partial charge < -0.3 is 20.1 Å². The second-order valence-electron chi connectivity index (χ2n) is 8.26. The van der Waals surface area contributed by atoms with Crippen LogP contribution < -0.4 is 16.2 Å². The number of nitrogens with zero attached hydrogens (tertiary/aromatic N) is 3. The van der Waals surface area contributed by atoms with Gasteiger partial charge in [0, 0.05) is 38.5 Å². The van der Waals surface area contributed by atoms with Crippen LogP contribution in [0.1, 0.15) is 16.8 Å². The molecule has 0 saturated carbocycles. The van der Waals surface area contributed by atoms with Crippen molar-refractivity contribution in [2.75, 3.05) is 24.3 Å². The fourth-order valence-electron chi connectivity index (χ4n) is 3.94. The Morgan fingerprint density at radius 2 is 1.89 bits per heavy atom. The molecule has 3 aromatic rings. The lowest BCUT2D eigenvalue weighted by molar-refractivity contribution is -0.119. The summed E-state index contributed by atoms with van der Waals surface area (Å²) in [5.74, 6) is -2.82. The minimum Gasteiger partial charge on any atom is -0.477 e. The summed E-state index contributed by atoms with van der Waals surface area (Å²) in [5.41, 5.74) is -1.72. The normalized spacial score (nSPS) is 16.8. The molecule has 0 spiro atoms. The molecule has 0 bridgehead atoms. The van der Waals surface area contributed by atoms with Gasteiger partial charge in [0.1, 0.15) is 23.2 Å². The number of halogens is 3. The Balaban J connectivity index is 1.54. The Kier molecular flexibility index (Phi) is 7.95. The maximum Gasteiger partial charge on any atom is 0.341 e. The molecule has 3 N–H and O–H groups in total. The largest absolute Gasteiger partial charge is 0.477 e. The van der Waals surface area contributed by atoms with E-state index in [1.54, 1.807) is 6.07 Å². The zero-order valence-electron chi connectivity index (χ0n) is 19.7. The molecule has 0 aliphatic carbocycles. The smallest absolute Gasteiger partial charge is 0.341 e.